The van der Waals surface area contributed by atoms with E-state index in [0.717, 1.165) is 49.9 Å². The number of carbonyl (C=O) groups is 1. The van der Waals surface area contributed by atoms with Crippen LogP contribution in [-0.2, 0) is 6.54 Å². The zero-order valence-corrected chi connectivity index (χ0v) is 18.6. The molecule has 32 heavy (non-hydrogen) atoms. The molecule has 1 saturated heterocycles. The average Bonchev–Trinajstić information content (AvgIpc) is 2.85. The number of benzene rings is 3. The van der Waals surface area contributed by atoms with Crippen molar-refractivity contribution in [1.29, 1.82) is 0 Å². The number of ether oxygens (including phenoxy) is 2. The second kappa shape index (κ2) is 10.2. The molecule has 0 aromatic heterocycles. The average molecular weight is 432 g/mol. The van der Waals surface area contributed by atoms with Crippen molar-refractivity contribution < 1.29 is 14.3 Å². The smallest absolute Gasteiger partial charge is 0.255 e. The molecule has 0 unspecified atom stereocenters. The Balaban J connectivity index is 1.27. The lowest BCUT2D eigenvalue weighted by molar-refractivity contribution is 0.102. The van der Waals surface area contributed by atoms with Crippen LogP contribution in [0.3, 0.4) is 0 Å². The molecule has 4 rings (SSSR count). The molecule has 1 amide bonds. The SMILES string of the molecule is COc1ccc(NC(=O)c2ccc(CN3CCN(c4ccc(OC)cc4)CC3)cc2)cc1. The first-order valence-electron chi connectivity index (χ1n) is 10.8. The highest BCUT2D eigenvalue weighted by Crippen LogP contribution is 2.21. The highest BCUT2D eigenvalue weighted by Gasteiger charge is 2.17. The summed E-state index contributed by atoms with van der Waals surface area (Å²) in [5.41, 5.74) is 3.84. The van der Waals surface area contributed by atoms with E-state index in [2.05, 4.69) is 27.2 Å². The van der Waals surface area contributed by atoms with E-state index in [1.807, 2.05) is 60.7 Å². The lowest BCUT2D eigenvalue weighted by Gasteiger charge is -2.36. The maximum Gasteiger partial charge on any atom is 0.255 e. The van der Waals surface area contributed by atoms with E-state index in [9.17, 15) is 4.79 Å². The fraction of sp³-hybridized carbons (Fsp3) is 0.269. The molecule has 1 aliphatic heterocycles. The molecule has 3 aromatic carbocycles. The molecule has 3 aromatic rings. The Bertz CT molecular complexity index is 1010. The highest BCUT2D eigenvalue weighted by molar-refractivity contribution is 6.04. The van der Waals surface area contributed by atoms with Crippen molar-refractivity contribution >= 4 is 17.3 Å². The quantitative estimate of drug-likeness (QED) is 0.605. The topological polar surface area (TPSA) is 54.0 Å². The van der Waals surface area contributed by atoms with Crippen LogP contribution in [0.5, 0.6) is 11.5 Å². The van der Waals surface area contributed by atoms with E-state index >= 15 is 0 Å². The predicted molar refractivity (Wildman–Crippen MR) is 128 cm³/mol. The van der Waals surface area contributed by atoms with E-state index in [1.165, 1.54) is 11.3 Å². The standard InChI is InChI=1S/C26H29N3O3/c1-31-24-11-7-22(8-12-24)27-26(30)21-5-3-20(4-6-21)19-28-15-17-29(18-16-28)23-9-13-25(32-2)14-10-23/h3-14H,15-19H2,1-2H3,(H,27,30). The molecule has 0 bridgehead atoms. The predicted octanol–water partition coefficient (Wildman–Crippen LogP) is 4.28. The normalized spacial score (nSPS) is 14.1. The highest BCUT2D eigenvalue weighted by atomic mass is 16.5. The van der Waals surface area contributed by atoms with Crippen molar-refractivity contribution in [2.75, 3.05) is 50.6 Å². The molecule has 166 valence electrons. The molecule has 0 saturated carbocycles. The number of nitrogens with one attached hydrogen (secondary N) is 1. The second-order valence-corrected chi connectivity index (χ2v) is 7.84. The van der Waals surface area contributed by atoms with Crippen molar-refractivity contribution in [3.05, 3.63) is 83.9 Å². The number of carbonyl (C=O) groups excluding carboxylic acids is 1. The molecule has 1 aliphatic rings. The first kappa shape index (κ1) is 21.7. The molecular weight excluding hydrogens is 402 g/mol. The summed E-state index contributed by atoms with van der Waals surface area (Å²) in [4.78, 5) is 17.4. The Kier molecular flexibility index (Phi) is 6.92. The van der Waals surface area contributed by atoms with Gasteiger partial charge < -0.3 is 19.7 Å². The first-order chi connectivity index (χ1) is 15.6. The minimum absolute atomic E-state index is 0.116. The minimum Gasteiger partial charge on any atom is -0.497 e. The third-order valence-corrected chi connectivity index (χ3v) is 5.78. The van der Waals surface area contributed by atoms with Crippen molar-refractivity contribution in [2.24, 2.45) is 0 Å². The zero-order chi connectivity index (χ0) is 22.3. The number of rotatable bonds is 7. The summed E-state index contributed by atoms with van der Waals surface area (Å²) < 4.78 is 10.4. The van der Waals surface area contributed by atoms with Gasteiger partial charge in [0.1, 0.15) is 11.5 Å². The van der Waals surface area contributed by atoms with Crippen molar-refractivity contribution in [3.8, 4) is 11.5 Å². The van der Waals surface area contributed by atoms with Gasteiger partial charge in [-0.2, -0.15) is 0 Å². The Morgan fingerprint density at radius 3 is 1.91 bits per heavy atom. The second-order valence-electron chi connectivity index (χ2n) is 7.84. The molecule has 1 N–H and O–H groups in total. The van der Waals surface area contributed by atoms with Gasteiger partial charge in [-0.25, -0.2) is 0 Å². The first-order valence-corrected chi connectivity index (χ1v) is 10.8. The lowest BCUT2D eigenvalue weighted by Crippen LogP contribution is -2.45. The number of anilines is 2. The number of hydrogen-bond acceptors (Lipinski definition) is 5. The summed E-state index contributed by atoms with van der Waals surface area (Å²) >= 11 is 0. The summed E-state index contributed by atoms with van der Waals surface area (Å²) in [7, 11) is 3.31. The van der Waals surface area contributed by atoms with Crippen LogP contribution < -0.4 is 19.7 Å². The van der Waals surface area contributed by atoms with E-state index in [1.54, 1.807) is 14.2 Å². The van der Waals surface area contributed by atoms with Crippen LogP contribution in [0, 0.1) is 0 Å². The van der Waals surface area contributed by atoms with Crippen LogP contribution in [0.1, 0.15) is 15.9 Å². The molecule has 1 fully saturated rings. The van der Waals surface area contributed by atoms with E-state index in [-0.39, 0.29) is 5.91 Å². The Labute approximate surface area is 189 Å². The molecule has 0 aliphatic carbocycles. The molecule has 0 radical (unpaired) electrons. The maximum atomic E-state index is 12.5. The summed E-state index contributed by atoms with van der Waals surface area (Å²) in [6.45, 7) is 4.89. The molecule has 6 nitrogen and oxygen atoms in total. The number of piperazine rings is 1. The van der Waals surface area contributed by atoms with Crippen molar-refractivity contribution in [3.63, 3.8) is 0 Å². The number of methoxy groups -OCH3 is 2. The van der Waals surface area contributed by atoms with Gasteiger partial charge in [0.2, 0.25) is 0 Å². The van der Waals surface area contributed by atoms with Gasteiger partial charge in [0.25, 0.3) is 5.91 Å². The van der Waals surface area contributed by atoms with E-state index in [0.29, 0.717) is 5.56 Å². The monoisotopic (exact) mass is 431 g/mol. The van der Waals surface area contributed by atoms with E-state index in [4.69, 9.17) is 9.47 Å². The summed E-state index contributed by atoms with van der Waals surface area (Å²) in [6, 6.07) is 23.4. The molecule has 1 heterocycles. The largest absolute Gasteiger partial charge is 0.497 e. The molecule has 0 atom stereocenters. The van der Waals surface area contributed by atoms with Crippen LogP contribution in [0.15, 0.2) is 72.8 Å². The summed E-state index contributed by atoms with van der Waals surface area (Å²) in [5, 5.41) is 2.92. The molecular formula is C26H29N3O3. The van der Waals surface area contributed by atoms with Gasteiger partial charge >= 0.3 is 0 Å². The van der Waals surface area contributed by atoms with Gasteiger partial charge in [0.05, 0.1) is 14.2 Å². The van der Waals surface area contributed by atoms with Crippen LogP contribution in [-0.4, -0.2) is 51.2 Å². The van der Waals surface area contributed by atoms with Crippen molar-refractivity contribution in [2.45, 2.75) is 6.54 Å². The zero-order valence-electron chi connectivity index (χ0n) is 18.6. The Morgan fingerprint density at radius 2 is 1.34 bits per heavy atom. The van der Waals surface area contributed by atoms with Gasteiger partial charge in [-0.05, 0) is 66.2 Å². The Morgan fingerprint density at radius 1 is 0.781 bits per heavy atom. The van der Waals surface area contributed by atoms with E-state index < -0.39 is 0 Å². The number of nitrogens with zero attached hydrogens (tertiary/aromatic N) is 2. The van der Waals surface area contributed by atoms with Gasteiger partial charge in [-0.15, -0.1) is 0 Å². The minimum atomic E-state index is -0.116. The third kappa shape index (κ3) is 5.39. The molecule has 6 heteroatoms. The number of amides is 1. The van der Waals surface area contributed by atoms with Gasteiger partial charge in [-0.1, -0.05) is 12.1 Å². The van der Waals surface area contributed by atoms with Gasteiger partial charge in [-0.3, -0.25) is 9.69 Å². The maximum absolute atomic E-state index is 12.5. The third-order valence-electron chi connectivity index (χ3n) is 5.78. The molecule has 0 spiro atoms. The van der Waals surface area contributed by atoms with Crippen molar-refractivity contribution in [1.82, 2.24) is 4.90 Å². The Hall–Kier alpha value is -3.51. The van der Waals surface area contributed by atoms with Crippen LogP contribution in [0.25, 0.3) is 0 Å². The van der Waals surface area contributed by atoms with Crippen LogP contribution >= 0.6 is 0 Å². The van der Waals surface area contributed by atoms with Gasteiger partial charge in [0, 0.05) is 49.7 Å². The van der Waals surface area contributed by atoms with Crippen LogP contribution in [0.2, 0.25) is 0 Å². The summed E-state index contributed by atoms with van der Waals surface area (Å²) in [6.07, 6.45) is 0. The lowest BCUT2D eigenvalue weighted by atomic mass is 10.1. The van der Waals surface area contributed by atoms with Crippen LogP contribution in [0.4, 0.5) is 11.4 Å². The summed E-state index contributed by atoms with van der Waals surface area (Å²) in [5.74, 6) is 1.53. The number of hydrogen-bond donors (Lipinski definition) is 1. The fourth-order valence-corrected chi connectivity index (χ4v) is 3.85. The van der Waals surface area contributed by atoms with Gasteiger partial charge in [0.15, 0.2) is 0 Å². The fourth-order valence-electron chi connectivity index (χ4n) is 3.85.